The van der Waals surface area contributed by atoms with Crippen LogP contribution < -0.4 is 5.32 Å². The average molecular weight is 416 g/mol. The number of hydrogen-bond donors (Lipinski definition) is 1. The van der Waals surface area contributed by atoms with Crippen molar-refractivity contribution in [1.82, 2.24) is 9.88 Å². The molecule has 2 aromatic heterocycles. The Morgan fingerprint density at radius 3 is 2.79 bits per heavy atom. The van der Waals surface area contributed by atoms with Gasteiger partial charge in [-0.2, -0.15) is 0 Å². The fourth-order valence-electron chi connectivity index (χ4n) is 3.11. The molecule has 1 aliphatic heterocycles. The molecule has 1 aliphatic rings. The molecule has 0 radical (unpaired) electrons. The first-order valence-electron chi connectivity index (χ1n) is 8.93. The van der Waals surface area contributed by atoms with Gasteiger partial charge in [-0.15, -0.1) is 22.7 Å². The van der Waals surface area contributed by atoms with Crippen molar-refractivity contribution in [2.45, 2.75) is 25.8 Å². The van der Waals surface area contributed by atoms with E-state index in [2.05, 4.69) is 21.7 Å². The van der Waals surface area contributed by atoms with E-state index in [1.807, 2.05) is 4.90 Å². The maximum Gasteiger partial charge on any atom is 0.226 e. The molecule has 2 amide bonds. The highest BCUT2D eigenvalue weighted by atomic mass is 32.1. The van der Waals surface area contributed by atoms with Gasteiger partial charge in [0.15, 0.2) is 5.13 Å². The van der Waals surface area contributed by atoms with Crippen LogP contribution in [0.2, 0.25) is 0 Å². The number of hydrogen-bond acceptors (Lipinski definition) is 5. The summed E-state index contributed by atoms with van der Waals surface area (Å²) in [5, 5.41) is 7.07. The summed E-state index contributed by atoms with van der Waals surface area (Å²) in [6.45, 7) is 1.34. The van der Waals surface area contributed by atoms with Crippen molar-refractivity contribution in [3.8, 4) is 11.3 Å². The predicted molar refractivity (Wildman–Crippen MR) is 109 cm³/mol. The lowest BCUT2D eigenvalue weighted by molar-refractivity contribution is -0.133. The van der Waals surface area contributed by atoms with Gasteiger partial charge in [-0.1, -0.05) is 0 Å². The first-order chi connectivity index (χ1) is 13.6. The Bertz CT molecular complexity index is 997. The van der Waals surface area contributed by atoms with Crippen LogP contribution in [0, 0.1) is 5.82 Å². The van der Waals surface area contributed by atoms with E-state index in [-0.39, 0.29) is 30.5 Å². The average Bonchev–Trinajstić information content (AvgIpc) is 3.35. The molecular formula is C20H18FN3O2S2. The van der Waals surface area contributed by atoms with Crippen LogP contribution in [-0.2, 0) is 22.6 Å². The van der Waals surface area contributed by atoms with Crippen LogP contribution in [0.3, 0.4) is 0 Å². The second kappa shape index (κ2) is 8.20. The van der Waals surface area contributed by atoms with Gasteiger partial charge in [0, 0.05) is 41.8 Å². The number of thiazole rings is 1. The minimum Gasteiger partial charge on any atom is -0.338 e. The molecule has 0 spiro atoms. The third kappa shape index (κ3) is 4.28. The zero-order valence-electron chi connectivity index (χ0n) is 15.0. The van der Waals surface area contributed by atoms with E-state index in [0.29, 0.717) is 23.9 Å². The number of nitrogens with one attached hydrogen (secondary N) is 1. The van der Waals surface area contributed by atoms with Crippen LogP contribution in [0.1, 0.15) is 23.3 Å². The first kappa shape index (κ1) is 18.8. The Balaban J connectivity index is 1.28. The van der Waals surface area contributed by atoms with Crippen LogP contribution >= 0.6 is 22.7 Å². The smallest absolute Gasteiger partial charge is 0.226 e. The van der Waals surface area contributed by atoms with Gasteiger partial charge in [0.25, 0.3) is 0 Å². The zero-order valence-corrected chi connectivity index (χ0v) is 16.6. The van der Waals surface area contributed by atoms with Crippen LogP contribution in [-0.4, -0.2) is 28.2 Å². The fraction of sp³-hybridized carbons (Fsp3) is 0.250. The van der Waals surface area contributed by atoms with Gasteiger partial charge >= 0.3 is 0 Å². The summed E-state index contributed by atoms with van der Waals surface area (Å²) in [6, 6.07) is 8.10. The second-order valence-corrected chi connectivity index (χ2v) is 8.39. The molecule has 5 nitrogen and oxygen atoms in total. The first-order valence-corrected chi connectivity index (χ1v) is 10.7. The number of nitrogens with zero attached hydrogens (tertiary/aromatic N) is 2. The highest BCUT2D eigenvalue weighted by Gasteiger charge is 2.22. The lowest BCUT2D eigenvalue weighted by Crippen LogP contribution is -2.35. The van der Waals surface area contributed by atoms with Gasteiger partial charge in [0.05, 0.1) is 5.69 Å². The van der Waals surface area contributed by atoms with E-state index in [9.17, 15) is 14.0 Å². The molecule has 0 bridgehead atoms. The third-order valence-electron chi connectivity index (χ3n) is 4.62. The van der Waals surface area contributed by atoms with Gasteiger partial charge in [-0.05, 0) is 47.7 Å². The quantitative estimate of drug-likeness (QED) is 0.675. The van der Waals surface area contributed by atoms with Gasteiger partial charge in [0.2, 0.25) is 11.8 Å². The molecule has 0 fully saturated rings. The number of fused-ring (bicyclic) bond motifs is 1. The number of thiophene rings is 1. The Morgan fingerprint density at radius 2 is 1.96 bits per heavy atom. The van der Waals surface area contributed by atoms with Gasteiger partial charge < -0.3 is 10.2 Å². The van der Waals surface area contributed by atoms with Gasteiger partial charge in [-0.3, -0.25) is 9.59 Å². The number of rotatable bonds is 5. The Kier molecular flexibility index (Phi) is 5.50. The summed E-state index contributed by atoms with van der Waals surface area (Å²) in [6.07, 6.45) is 1.19. The van der Waals surface area contributed by atoms with E-state index in [4.69, 9.17) is 0 Å². The van der Waals surface area contributed by atoms with Crippen LogP contribution in [0.5, 0.6) is 0 Å². The van der Waals surface area contributed by atoms with Crippen LogP contribution in [0.25, 0.3) is 11.3 Å². The molecule has 0 saturated carbocycles. The molecule has 3 heterocycles. The maximum atomic E-state index is 13.0. The lowest BCUT2D eigenvalue weighted by Gasteiger charge is -2.27. The van der Waals surface area contributed by atoms with E-state index in [1.165, 1.54) is 33.9 Å². The number of carbonyl (C=O) groups excluding carboxylic acids is 2. The minimum atomic E-state index is -0.305. The number of carbonyl (C=O) groups is 2. The molecule has 1 aromatic carbocycles. The highest BCUT2D eigenvalue weighted by molar-refractivity contribution is 7.14. The standard InChI is InChI=1S/C20H18FN3O2S2/c21-15-3-1-13(2-4-15)16-12-28-20(22-16)23-18(25)5-6-19(26)24-9-7-17-14(11-24)8-10-27-17/h1-4,8,10,12H,5-7,9,11H2,(H,22,23,25). The van der Waals surface area contributed by atoms with Crippen molar-refractivity contribution < 1.29 is 14.0 Å². The van der Waals surface area contributed by atoms with Crippen molar-refractivity contribution in [2.24, 2.45) is 0 Å². The molecule has 144 valence electrons. The van der Waals surface area contributed by atoms with E-state index in [0.717, 1.165) is 12.0 Å². The Hall–Kier alpha value is -2.58. The number of aromatic nitrogens is 1. The maximum absolute atomic E-state index is 13.0. The van der Waals surface area contributed by atoms with Crippen molar-refractivity contribution in [3.63, 3.8) is 0 Å². The van der Waals surface area contributed by atoms with E-state index >= 15 is 0 Å². The summed E-state index contributed by atoms with van der Waals surface area (Å²) < 4.78 is 13.0. The molecule has 0 atom stereocenters. The number of amides is 2. The summed E-state index contributed by atoms with van der Waals surface area (Å²) in [7, 11) is 0. The predicted octanol–water partition coefficient (Wildman–Crippen LogP) is 4.31. The molecule has 3 aromatic rings. The zero-order chi connectivity index (χ0) is 19.5. The van der Waals surface area contributed by atoms with E-state index in [1.54, 1.807) is 28.8 Å². The highest BCUT2D eigenvalue weighted by Crippen LogP contribution is 2.26. The molecule has 0 aliphatic carbocycles. The van der Waals surface area contributed by atoms with E-state index < -0.39 is 0 Å². The molecule has 0 saturated heterocycles. The van der Waals surface area contributed by atoms with Crippen molar-refractivity contribution in [2.75, 3.05) is 11.9 Å². The van der Waals surface area contributed by atoms with Crippen molar-refractivity contribution in [1.29, 1.82) is 0 Å². The molecule has 1 N–H and O–H groups in total. The molecule has 8 heteroatoms. The second-order valence-electron chi connectivity index (χ2n) is 6.53. The summed E-state index contributed by atoms with van der Waals surface area (Å²) in [5.74, 6) is -0.541. The summed E-state index contributed by atoms with van der Waals surface area (Å²) in [5.41, 5.74) is 2.67. The molecule has 28 heavy (non-hydrogen) atoms. The van der Waals surface area contributed by atoms with Crippen molar-refractivity contribution >= 4 is 39.6 Å². The topological polar surface area (TPSA) is 62.3 Å². The molecular weight excluding hydrogens is 397 g/mol. The largest absolute Gasteiger partial charge is 0.338 e. The lowest BCUT2D eigenvalue weighted by atomic mass is 10.1. The number of anilines is 1. The SMILES string of the molecule is O=C(CCC(=O)N1CCc2sccc2C1)Nc1nc(-c2ccc(F)cc2)cs1. The monoisotopic (exact) mass is 415 g/mol. The molecule has 4 rings (SSSR count). The Labute approximate surface area is 169 Å². The minimum absolute atomic E-state index is 0.00172. The number of benzene rings is 1. The molecule has 0 unspecified atom stereocenters. The number of halogens is 1. The van der Waals surface area contributed by atoms with Crippen LogP contribution in [0.15, 0.2) is 41.1 Å². The van der Waals surface area contributed by atoms with Crippen LogP contribution in [0.4, 0.5) is 9.52 Å². The summed E-state index contributed by atoms with van der Waals surface area (Å²) >= 11 is 3.03. The van der Waals surface area contributed by atoms with Crippen molar-refractivity contribution in [3.05, 3.63) is 57.3 Å². The normalized spacial score (nSPS) is 13.2. The summed E-state index contributed by atoms with van der Waals surface area (Å²) in [4.78, 5) is 32.1. The van der Waals surface area contributed by atoms with Gasteiger partial charge in [0.1, 0.15) is 5.82 Å². The van der Waals surface area contributed by atoms with Gasteiger partial charge in [-0.25, -0.2) is 9.37 Å². The Morgan fingerprint density at radius 1 is 1.14 bits per heavy atom. The fourth-order valence-corrected chi connectivity index (χ4v) is 4.73. The third-order valence-corrected chi connectivity index (χ3v) is 6.40.